The zero-order chi connectivity index (χ0) is 12.0. The Morgan fingerprint density at radius 3 is 2.88 bits per heavy atom. The molecular formula is C11H16N2O3. The summed E-state index contributed by atoms with van der Waals surface area (Å²) in [6, 6.07) is 6.12. The number of para-hydroxylation sites is 1. The van der Waals surface area contributed by atoms with Crippen LogP contribution in [0.4, 0.5) is 0 Å². The Morgan fingerprint density at radius 1 is 1.56 bits per heavy atom. The number of hydrogen-bond donors (Lipinski definition) is 3. The van der Waals surface area contributed by atoms with Gasteiger partial charge in [-0.2, -0.15) is 0 Å². The summed E-state index contributed by atoms with van der Waals surface area (Å²) < 4.78 is 4.77. The Hall–Kier alpha value is -1.59. The highest BCUT2D eigenvalue weighted by Gasteiger charge is 2.12. The number of amides is 1. The maximum absolute atomic E-state index is 11.4. The second-order valence-corrected chi connectivity index (χ2v) is 3.41. The van der Waals surface area contributed by atoms with Crippen molar-refractivity contribution in [2.24, 2.45) is 5.73 Å². The summed E-state index contributed by atoms with van der Waals surface area (Å²) in [4.78, 5) is 11.4. The van der Waals surface area contributed by atoms with Crippen molar-refractivity contribution in [3.05, 3.63) is 29.8 Å². The number of methoxy groups -OCH3 is 1. The largest absolute Gasteiger partial charge is 0.508 e. The minimum Gasteiger partial charge on any atom is -0.508 e. The van der Waals surface area contributed by atoms with Crippen molar-refractivity contribution in [3.63, 3.8) is 0 Å². The molecule has 0 saturated carbocycles. The number of nitrogens with two attached hydrogens (primary N) is 1. The standard InChI is InChI=1S/C11H16N2O3/c1-16-7-9(12)11(15)13-6-8-4-2-3-5-10(8)14/h2-5,9,14H,6-7,12H2,1H3,(H,13,15). The third-order valence-corrected chi connectivity index (χ3v) is 2.13. The number of benzene rings is 1. The van der Waals surface area contributed by atoms with Crippen molar-refractivity contribution in [1.29, 1.82) is 0 Å². The molecule has 0 spiro atoms. The van der Waals surface area contributed by atoms with Crippen molar-refractivity contribution in [2.45, 2.75) is 12.6 Å². The zero-order valence-corrected chi connectivity index (χ0v) is 9.14. The van der Waals surface area contributed by atoms with Crippen LogP contribution in [0.3, 0.4) is 0 Å². The van der Waals surface area contributed by atoms with Crippen LogP contribution in [0.2, 0.25) is 0 Å². The molecule has 0 fully saturated rings. The normalized spacial score (nSPS) is 12.1. The molecule has 5 heteroatoms. The topological polar surface area (TPSA) is 84.6 Å². The van der Waals surface area contributed by atoms with Crippen molar-refractivity contribution >= 4 is 5.91 Å². The number of hydrogen-bond acceptors (Lipinski definition) is 4. The highest BCUT2D eigenvalue weighted by Crippen LogP contribution is 2.14. The molecule has 1 unspecified atom stereocenters. The van der Waals surface area contributed by atoms with E-state index in [1.165, 1.54) is 7.11 Å². The molecule has 0 bridgehead atoms. The molecule has 0 heterocycles. The molecule has 0 aliphatic rings. The first-order chi connectivity index (χ1) is 7.65. The molecule has 0 saturated heterocycles. The Bertz CT molecular complexity index is 355. The molecule has 0 aromatic heterocycles. The van der Waals surface area contributed by atoms with Crippen molar-refractivity contribution in [2.75, 3.05) is 13.7 Å². The lowest BCUT2D eigenvalue weighted by Gasteiger charge is -2.11. The van der Waals surface area contributed by atoms with Crippen LogP contribution in [0.15, 0.2) is 24.3 Å². The quantitative estimate of drug-likeness (QED) is 0.656. The summed E-state index contributed by atoms with van der Waals surface area (Å²) in [5.41, 5.74) is 6.18. The van der Waals surface area contributed by atoms with Crippen LogP contribution in [0.25, 0.3) is 0 Å². The van der Waals surface area contributed by atoms with Gasteiger partial charge in [-0.3, -0.25) is 4.79 Å². The van der Waals surface area contributed by atoms with Gasteiger partial charge in [-0.25, -0.2) is 0 Å². The van der Waals surface area contributed by atoms with Gasteiger partial charge in [0.05, 0.1) is 6.61 Å². The minimum absolute atomic E-state index is 0.156. The molecule has 1 aromatic rings. The summed E-state index contributed by atoms with van der Waals surface area (Å²) in [6.45, 7) is 0.426. The molecule has 1 aromatic carbocycles. The fourth-order valence-corrected chi connectivity index (χ4v) is 1.23. The molecule has 5 nitrogen and oxygen atoms in total. The Labute approximate surface area is 94.2 Å². The number of phenolic OH excluding ortho intramolecular Hbond substituents is 1. The first-order valence-corrected chi connectivity index (χ1v) is 4.94. The maximum Gasteiger partial charge on any atom is 0.239 e. The molecule has 1 amide bonds. The molecule has 0 radical (unpaired) electrons. The summed E-state index contributed by atoms with van der Waals surface area (Å²) >= 11 is 0. The van der Waals surface area contributed by atoms with Crippen LogP contribution in [0.1, 0.15) is 5.56 Å². The van der Waals surface area contributed by atoms with Gasteiger partial charge < -0.3 is 20.9 Å². The molecule has 16 heavy (non-hydrogen) atoms. The zero-order valence-electron chi connectivity index (χ0n) is 9.14. The molecule has 1 rings (SSSR count). The second-order valence-electron chi connectivity index (χ2n) is 3.41. The third kappa shape index (κ3) is 3.52. The summed E-state index contributed by atoms with van der Waals surface area (Å²) in [5, 5.41) is 12.1. The third-order valence-electron chi connectivity index (χ3n) is 2.13. The van der Waals surface area contributed by atoms with Gasteiger partial charge in [0.15, 0.2) is 0 Å². The number of phenols is 1. The van der Waals surface area contributed by atoms with Crippen molar-refractivity contribution in [1.82, 2.24) is 5.32 Å². The SMILES string of the molecule is COCC(N)C(=O)NCc1ccccc1O. The Balaban J connectivity index is 2.46. The highest BCUT2D eigenvalue weighted by atomic mass is 16.5. The first kappa shape index (κ1) is 12.5. The fraction of sp³-hybridized carbons (Fsp3) is 0.364. The van der Waals surface area contributed by atoms with Crippen LogP contribution >= 0.6 is 0 Å². The lowest BCUT2D eigenvalue weighted by molar-refractivity contribution is -0.123. The summed E-state index contributed by atoms with van der Waals surface area (Å²) in [7, 11) is 1.48. The average Bonchev–Trinajstić information content (AvgIpc) is 2.28. The highest BCUT2D eigenvalue weighted by molar-refractivity contribution is 5.81. The van der Waals surface area contributed by atoms with Gasteiger partial charge in [-0.1, -0.05) is 18.2 Å². The molecular weight excluding hydrogens is 208 g/mol. The smallest absolute Gasteiger partial charge is 0.239 e. The van der Waals surface area contributed by atoms with E-state index < -0.39 is 6.04 Å². The Morgan fingerprint density at radius 2 is 2.25 bits per heavy atom. The van der Waals surface area contributed by atoms with Crippen LogP contribution in [0, 0.1) is 0 Å². The summed E-state index contributed by atoms with van der Waals surface area (Å²) in [5.74, 6) is -0.145. The number of carbonyl (C=O) groups excluding carboxylic acids is 1. The molecule has 88 valence electrons. The first-order valence-electron chi connectivity index (χ1n) is 4.94. The van der Waals surface area contributed by atoms with E-state index in [2.05, 4.69) is 5.32 Å². The number of carbonyl (C=O) groups is 1. The van der Waals surface area contributed by atoms with Gasteiger partial charge in [0.1, 0.15) is 11.8 Å². The van der Waals surface area contributed by atoms with Crippen LogP contribution < -0.4 is 11.1 Å². The van der Waals surface area contributed by atoms with E-state index in [0.717, 1.165) is 0 Å². The van der Waals surface area contributed by atoms with Crippen LogP contribution in [-0.4, -0.2) is 30.8 Å². The lowest BCUT2D eigenvalue weighted by atomic mass is 10.2. The van der Waals surface area contributed by atoms with Gasteiger partial charge in [0, 0.05) is 19.2 Å². The van der Waals surface area contributed by atoms with Crippen molar-refractivity contribution < 1.29 is 14.6 Å². The Kier molecular flexibility index (Phi) is 4.75. The number of rotatable bonds is 5. The van der Waals surface area contributed by atoms with Gasteiger partial charge >= 0.3 is 0 Å². The summed E-state index contributed by atoms with van der Waals surface area (Å²) in [6.07, 6.45) is 0. The van der Waals surface area contributed by atoms with Gasteiger partial charge in [0.2, 0.25) is 5.91 Å². The van der Waals surface area contributed by atoms with Crippen LogP contribution in [-0.2, 0) is 16.1 Å². The van der Waals surface area contributed by atoms with E-state index in [1.54, 1.807) is 24.3 Å². The fourth-order valence-electron chi connectivity index (χ4n) is 1.23. The van der Waals surface area contributed by atoms with E-state index in [1.807, 2.05) is 0 Å². The predicted molar refractivity (Wildman–Crippen MR) is 59.8 cm³/mol. The molecule has 0 aliphatic heterocycles. The van der Waals surface area contributed by atoms with E-state index in [-0.39, 0.29) is 24.8 Å². The predicted octanol–water partition coefficient (Wildman–Crippen LogP) is -0.0179. The van der Waals surface area contributed by atoms with Crippen molar-refractivity contribution in [3.8, 4) is 5.75 Å². The molecule has 4 N–H and O–H groups in total. The monoisotopic (exact) mass is 224 g/mol. The number of ether oxygens (including phenoxy) is 1. The maximum atomic E-state index is 11.4. The lowest BCUT2D eigenvalue weighted by Crippen LogP contribution is -2.43. The van der Waals surface area contributed by atoms with E-state index >= 15 is 0 Å². The molecule has 0 aliphatic carbocycles. The van der Waals surface area contributed by atoms with E-state index in [9.17, 15) is 9.90 Å². The number of nitrogens with one attached hydrogen (secondary N) is 1. The second kappa shape index (κ2) is 6.09. The van der Waals surface area contributed by atoms with E-state index in [4.69, 9.17) is 10.5 Å². The minimum atomic E-state index is -0.684. The van der Waals surface area contributed by atoms with Gasteiger partial charge in [-0.15, -0.1) is 0 Å². The van der Waals surface area contributed by atoms with Gasteiger partial charge in [-0.05, 0) is 6.07 Å². The van der Waals surface area contributed by atoms with Gasteiger partial charge in [0.25, 0.3) is 0 Å². The molecule has 1 atom stereocenters. The number of aromatic hydroxyl groups is 1. The average molecular weight is 224 g/mol. The van der Waals surface area contributed by atoms with Crippen LogP contribution in [0.5, 0.6) is 5.75 Å². The van der Waals surface area contributed by atoms with E-state index in [0.29, 0.717) is 5.56 Å².